The number of hydrogen-bond acceptors (Lipinski definition) is 4. The summed E-state index contributed by atoms with van der Waals surface area (Å²) in [6.07, 6.45) is -0.636. The van der Waals surface area contributed by atoms with Crippen LogP contribution in [-0.2, 0) is 28.3 Å². The molecule has 5 heterocycles. The van der Waals surface area contributed by atoms with Crippen molar-refractivity contribution in [3.05, 3.63) is 59.7 Å². The monoisotopic (exact) mass is 439 g/mol. The van der Waals surface area contributed by atoms with Crippen LogP contribution in [0.3, 0.4) is 0 Å². The molecule has 5 aromatic rings. The van der Waals surface area contributed by atoms with E-state index in [0.29, 0.717) is 0 Å². The number of fused-ring (bicyclic) bond motifs is 13. The molecular formula is C26H21N3O4. The van der Waals surface area contributed by atoms with Gasteiger partial charge in [-0.3, -0.25) is 0 Å². The van der Waals surface area contributed by atoms with Crippen molar-refractivity contribution in [1.82, 2.24) is 14.5 Å². The highest BCUT2D eigenvalue weighted by Gasteiger charge is 2.65. The number of benzene rings is 3. The first-order chi connectivity index (χ1) is 16.0. The van der Waals surface area contributed by atoms with Gasteiger partial charge in [-0.05, 0) is 30.2 Å². The van der Waals surface area contributed by atoms with Crippen LogP contribution < -0.4 is 5.32 Å². The lowest BCUT2D eigenvalue weighted by Crippen LogP contribution is -2.55. The van der Waals surface area contributed by atoms with Crippen molar-refractivity contribution in [1.29, 1.82) is 0 Å². The Hall–Kier alpha value is -3.39. The van der Waals surface area contributed by atoms with Gasteiger partial charge in [-0.2, -0.15) is 0 Å². The standard InChI is InChI=1S/C26H21N3O4/c1-25-26(32,24(30)31)10-19(33-25)28-17-8-4-2-6-13(17)20-15-11-27-12-16(15)21-14-7-3-5-9-18(14)29(25)23(21)22(20)28/h2-9,19,27,32H,10-12H2,1H3,(H,30,31)/t19-,25+,26+/m1/s1. The highest BCUT2D eigenvalue weighted by molar-refractivity contribution is 6.25. The molecule has 0 amide bonds. The maximum absolute atomic E-state index is 12.5. The van der Waals surface area contributed by atoms with E-state index in [-0.39, 0.29) is 6.42 Å². The summed E-state index contributed by atoms with van der Waals surface area (Å²) in [7, 11) is 0. The largest absolute Gasteiger partial charge is 0.479 e. The summed E-state index contributed by atoms with van der Waals surface area (Å²) in [5.41, 5.74) is 2.85. The topological polar surface area (TPSA) is 88.7 Å². The number of carbonyl (C=O) groups is 1. The number of carboxylic acids is 1. The molecule has 0 aliphatic carbocycles. The van der Waals surface area contributed by atoms with Crippen LogP contribution >= 0.6 is 0 Å². The molecule has 3 aliphatic heterocycles. The number of carboxylic acid groups (broad SMARTS) is 1. The Morgan fingerprint density at radius 3 is 2.30 bits per heavy atom. The lowest BCUT2D eigenvalue weighted by molar-refractivity contribution is -0.200. The second-order valence-corrected chi connectivity index (χ2v) is 9.67. The fourth-order valence-corrected chi connectivity index (χ4v) is 6.83. The normalized spacial score (nSPS) is 27.9. The van der Waals surface area contributed by atoms with Crippen LogP contribution in [0.25, 0.3) is 43.6 Å². The molecule has 0 radical (unpaired) electrons. The van der Waals surface area contributed by atoms with E-state index in [2.05, 4.69) is 28.1 Å². The zero-order valence-corrected chi connectivity index (χ0v) is 17.9. The van der Waals surface area contributed by atoms with E-state index in [9.17, 15) is 15.0 Å². The lowest BCUT2D eigenvalue weighted by atomic mass is 9.89. The second kappa shape index (κ2) is 5.39. The van der Waals surface area contributed by atoms with Gasteiger partial charge in [0.25, 0.3) is 0 Å². The Morgan fingerprint density at radius 2 is 1.61 bits per heavy atom. The summed E-state index contributed by atoms with van der Waals surface area (Å²) >= 11 is 0. The highest BCUT2D eigenvalue weighted by atomic mass is 16.6. The minimum Gasteiger partial charge on any atom is -0.479 e. The maximum atomic E-state index is 12.5. The number of nitrogens with zero attached hydrogens (tertiary/aromatic N) is 2. The van der Waals surface area contributed by atoms with Crippen molar-refractivity contribution >= 4 is 49.6 Å². The molecule has 0 unspecified atom stereocenters. The highest BCUT2D eigenvalue weighted by Crippen LogP contribution is 2.57. The van der Waals surface area contributed by atoms with Gasteiger partial charge in [0.2, 0.25) is 5.60 Å². The van der Waals surface area contributed by atoms with E-state index >= 15 is 0 Å². The van der Waals surface area contributed by atoms with Gasteiger partial charge in [0.05, 0.1) is 22.1 Å². The minimum atomic E-state index is -2.08. The number of aliphatic carboxylic acids is 1. The molecule has 7 nitrogen and oxygen atoms in total. The lowest BCUT2D eigenvalue weighted by Gasteiger charge is -2.36. The number of para-hydroxylation sites is 2. The van der Waals surface area contributed by atoms with Crippen LogP contribution in [0.5, 0.6) is 0 Å². The van der Waals surface area contributed by atoms with Crippen LogP contribution in [0.15, 0.2) is 48.5 Å². The van der Waals surface area contributed by atoms with Gasteiger partial charge in [-0.25, -0.2) is 4.79 Å². The third-order valence-electron chi connectivity index (χ3n) is 8.25. The first kappa shape index (κ1) is 18.1. The van der Waals surface area contributed by atoms with Crippen LogP contribution in [0.2, 0.25) is 0 Å². The summed E-state index contributed by atoms with van der Waals surface area (Å²) in [4.78, 5) is 12.5. The molecule has 0 saturated carbocycles. The quantitative estimate of drug-likeness (QED) is 0.368. The third kappa shape index (κ3) is 1.75. The number of aromatic nitrogens is 2. The summed E-state index contributed by atoms with van der Waals surface area (Å²) < 4.78 is 10.7. The Labute approximate surface area is 187 Å². The van der Waals surface area contributed by atoms with E-state index in [1.807, 2.05) is 34.9 Å². The maximum Gasteiger partial charge on any atom is 0.341 e. The SMILES string of the molecule is C[C@]12O[C@H](C[C@]1(O)C(=O)O)n1c3ccccc3c3c4c(c5c6ccccc6n2c5c31)CNC4. The predicted octanol–water partition coefficient (Wildman–Crippen LogP) is 3.93. The fourth-order valence-electron chi connectivity index (χ4n) is 6.83. The van der Waals surface area contributed by atoms with Crippen molar-refractivity contribution in [2.24, 2.45) is 0 Å². The molecule has 1 fully saturated rings. The van der Waals surface area contributed by atoms with E-state index in [0.717, 1.165) is 51.3 Å². The zero-order chi connectivity index (χ0) is 22.3. The van der Waals surface area contributed by atoms with E-state index in [1.165, 1.54) is 16.5 Å². The summed E-state index contributed by atoms with van der Waals surface area (Å²) in [5, 5.41) is 29.9. The third-order valence-corrected chi connectivity index (χ3v) is 8.25. The van der Waals surface area contributed by atoms with E-state index in [1.54, 1.807) is 6.92 Å². The van der Waals surface area contributed by atoms with Gasteiger partial charge >= 0.3 is 5.97 Å². The van der Waals surface area contributed by atoms with Gasteiger partial charge < -0.3 is 29.4 Å². The number of ether oxygens (including phenoxy) is 1. The zero-order valence-electron chi connectivity index (χ0n) is 17.9. The summed E-state index contributed by atoms with van der Waals surface area (Å²) in [6.45, 7) is 3.26. The van der Waals surface area contributed by atoms with E-state index < -0.39 is 23.5 Å². The average molecular weight is 439 g/mol. The van der Waals surface area contributed by atoms with Crippen molar-refractivity contribution in [2.75, 3.05) is 0 Å². The van der Waals surface area contributed by atoms with Crippen molar-refractivity contribution in [3.8, 4) is 0 Å². The Balaban J connectivity index is 1.76. The average Bonchev–Trinajstić information content (AvgIpc) is 3.52. The molecule has 3 atom stereocenters. The molecule has 164 valence electrons. The molecule has 7 heteroatoms. The van der Waals surface area contributed by atoms with Gasteiger partial charge in [0.1, 0.15) is 6.23 Å². The fraction of sp³-hybridized carbons (Fsp3) is 0.269. The molecule has 3 aromatic carbocycles. The Kier molecular flexibility index (Phi) is 2.95. The molecule has 1 saturated heterocycles. The predicted molar refractivity (Wildman–Crippen MR) is 124 cm³/mol. The van der Waals surface area contributed by atoms with Gasteiger partial charge in [0, 0.05) is 41.1 Å². The Morgan fingerprint density at radius 1 is 1.00 bits per heavy atom. The smallest absolute Gasteiger partial charge is 0.341 e. The van der Waals surface area contributed by atoms with Crippen molar-refractivity contribution in [3.63, 3.8) is 0 Å². The Bertz CT molecular complexity index is 1730. The molecule has 33 heavy (non-hydrogen) atoms. The van der Waals surface area contributed by atoms with Crippen LogP contribution in [0, 0.1) is 0 Å². The number of nitrogens with one attached hydrogen (secondary N) is 1. The molecule has 3 N–H and O–H groups in total. The minimum absolute atomic E-state index is 0.0324. The molecule has 2 aromatic heterocycles. The van der Waals surface area contributed by atoms with E-state index in [4.69, 9.17) is 4.74 Å². The summed E-state index contributed by atoms with van der Waals surface area (Å²) in [5.74, 6) is -1.27. The summed E-state index contributed by atoms with van der Waals surface area (Å²) in [6, 6.07) is 16.3. The van der Waals surface area contributed by atoms with Crippen molar-refractivity contribution in [2.45, 2.75) is 44.0 Å². The molecule has 8 rings (SSSR count). The first-order valence-electron chi connectivity index (χ1n) is 11.3. The molecule has 0 spiro atoms. The van der Waals surface area contributed by atoms with Gasteiger partial charge in [-0.15, -0.1) is 0 Å². The number of rotatable bonds is 1. The second-order valence-electron chi connectivity index (χ2n) is 9.67. The van der Waals surface area contributed by atoms with Crippen LogP contribution in [-0.4, -0.2) is 30.9 Å². The molecular weight excluding hydrogens is 418 g/mol. The van der Waals surface area contributed by atoms with Crippen LogP contribution in [0.4, 0.5) is 0 Å². The number of hydrogen-bond donors (Lipinski definition) is 3. The molecule has 3 aliphatic rings. The van der Waals surface area contributed by atoms with Gasteiger partial charge in [-0.1, -0.05) is 36.4 Å². The first-order valence-corrected chi connectivity index (χ1v) is 11.3. The number of aliphatic hydroxyl groups is 1. The van der Waals surface area contributed by atoms with Crippen molar-refractivity contribution < 1.29 is 19.7 Å². The van der Waals surface area contributed by atoms with Gasteiger partial charge in [0.15, 0.2) is 5.72 Å². The molecule has 2 bridgehead atoms. The van der Waals surface area contributed by atoms with Crippen LogP contribution in [0.1, 0.15) is 30.7 Å².